The third-order valence-corrected chi connectivity index (χ3v) is 2.54. The highest BCUT2D eigenvalue weighted by molar-refractivity contribution is 5.70. The summed E-state index contributed by atoms with van der Waals surface area (Å²) in [4.78, 5) is 22.1. The predicted octanol–water partition coefficient (Wildman–Crippen LogP) is 0.101. The van der Waals surface area contributed by atoms with E-state index in [1.54, 1.807) is 4.57 Å². The van der Waals surface area contributed by atoms with Crippen LogP contribution >= 0.6 is 0 Å². The summed E-state index contributed by atoms with van der Waals surface area (Å²) in [5.41, 5.74) is 5.85. The van der Waals surface area contributed by atoms with Crippen LogP contribution in [0.1, 0.15) is 13.8 Å². The first kappa shape index (κ1) is 13.5. The van der Waals surface area contributed by atoms with Crippen LogP contribution in [0.25, 0.3) is 11.2 Å². The van der Waals surface area contributed by atoms with E-state index in [4.69, 9.17) is 15.2 Å². The SMILES string of the molecule is CCOC(Cn1cnc2c(=O)[nH]c(N)nc21)OCC. The van der Waals surface area contributed by atoms with E-state index < -0.39 is 6.29 Å². The minimum atomic E-state index is -0.408. The molecule has 2 rings (SSSR count). The molecule has 2 aromatic heterocycles. The maximum absolute atomic E-state index is 11.6. The van der Waals surface area contributed by atoms with Gasteiger partial charge in [-0.05, 0) is 13.8 Å². The fraction of sp³-hybridized carbons (Fsp3) is 0.545. The molecule has 8 heteroatoms. The molecule has 2 heterocycles. The Morgan fingerprint density at radius 3 is 2.74 bits per heavy atom. The predicted molar refractivity (Wildman–Crippen MR) is 69.6 cm³/mol. The van der Waals surface area contributed by atoms with Crippen molar-refractivity contribution in [1.82, 2.24) is 19.5 Å². The van der Waals surface area contributed by atoms with Crippen LogP contribution in [0.5, 0.6) is 0 Å². The Labute approximate surface area is 109 Å². The average Bonchev–Trinajstić information content (AvgIpc) is 2.73. The molecule has 0 fully saturated rings. The monoisotopic (exact) mass is 267 g/mol. The minimum Gasteiger partial charge on any atom is -0.369 e. The zero-order valence-corrected chi connectivity index (χ0v) is 10.9. The number of hydrogen-bond donors (Lipinski definition) is 2. The first-order chi connectivity index (χ1) is 9.15. The molecule has 0 radical (unpaired) electrons. The molecular formula is C11H17N5O3. The highest BCUT2D eigenvalue weighted by Gasteiger charge is 2.14. The minimum absolute atomic E-state index is 0.0589. The molecule has 0 amide bonds. The van der Waals surface area contributed by atoms with E-state index in [1.807, 2.05) is 13.8 Å². The van der Waals surface area contributed by atoms with Crippen molar-refractivity contribution in [1.29, 1.82) is 0 Å². The van der Waals surface area contributed by atoms with Crippen LogP contribution in [0.4, 0.5) is 5.95 Å². The largest absolute Gasteiger partial charge is 0.369 e. The van der Waals surface area contributed by atoms with Gasteiger partial charge in [-0.15, -0.1) is 0 Å². The normalized spacial score (nSPS) is 11.5. The van der Waals surface area contributed by atoms with Crippen molar-refractivity contribution in [2.24, 2.45) is 0 Å². The van der Waals surface area contributed by atoms with Crippen molar-refractivity contribution in [3.8, 4) is 0 Å². The Morgan fingerprint density at radius 2 is 2.11 bits per heavy atom. The second-order valence-corrected chi connectivity index (χ2v) is 3.86. The fourth-order valence-corrected chi connectivity index (χ4v) is 1.79. The van der Waals surface area contributed by atoms with Gasteiger partial charge in [0.15, 0.2) is 17.5 Å². The zero-order valence-electron chi connectivity index (χ0n) is 10.9. The molecular weight excluding hydrogens is 250 g/mol. The second kappa shape index (κ2) is 5.81. The Bertz CT molecular complexity index is 600. The lowest BCUT2D eigenvalue weighted by atomic mass is 10.5. The third kappa shape index (κ3) is 2.91. The molecule has 0 aliphatic rings. The molecule has 0 aromatic carbocycles. The number of anilines is 1. The Hall–Kier alpha value is -1.93. The summed E-state index contributed by atoms with van der Waals surface area (Å²) >= 11 is 0. The second-order valence-electron chi connectivity index (χ2n) is 3.86. The highest BCUT2D eigenvalue weighted by Crippen LogP contribution is 2.09. The number of imidazole rings is 1. The molecule has 0 spiro atoms. The number of nitrogens with two attached hydrogens (primary N) is 1. The van der Waals surface area contributed by atoms with Gasteiger partial charge in [-0.3, -0.25) is 9.78 Å². The van der Waals surface area contributed by atoms with Gasteiger partial charge in [-0.1, -0.05) is 0 Å². The van der Waals surface area contributed by atoms with Crippen molar-refractivity contribution in [2.75, 3.05) is 18.9 Å². The van der Waals surface area contributed by atoms with Gasteiger partial charge in [0.1, 0.15) is 0 Å². The zero-order chi connectivity index (χ0) is 13.8. The van der Waals surface area contributed by atoms with Gasteiger partial charge in [0.2, 0.25) is 5.95 Å². The summed E-state index contributed by atoms with van der Waals surface area (Å²) in [5, 5.41) is 0. The van der Waals surface area contributed by atoms with E-state index in [1.165, 1.54) is 6.33 Å². The number of aromatic amines is 1. The van der Waals surface area contributed by atoms with Gasteiger partial charge in [-0.2, -0.15) is 4.98 Å². The Morgan fingerprint density at radius 1 is 1.42 bits per heavy atom. The summed E-state index contributed by atoms with van der Waals surface area (Å²) in [7, 11) is 0. The summed E-state index contributed by atoms with van der Waals surface area (Å²) in [6.45, 7) is 5.24. The quantitative estimate of drug-likeness (QED) is 0.719. The van der Waals surface area contributed by atoms with Crippen LogP contribution < -0.4 is 11.3 Å². The molecule has 0 bridgehead atoms. The van der Waals surface area contributed by atoms with Crippen molar-refractivity contribution in [2.45, 2.75) is 26.7 Å². The summed E-state index contributed by atoms with van der Waals surface area (Å²) in [5.74, 6) is 0.0589. The molecule has 104 valence electrons. The van der Waals surface area contributed by atoms with Crippen LogP contribution in [-0.4, -0.2) is 39.0 Å². The van der Waals surface area contributed by atoms with Gasteiger partial charge in [0.25, 0.3) is 5.56 Å². The molecule has 8 nitrogen and oxygen atoms in total. The molecule has 0 unspecified atom stereocenters. The van der Waals surface area contributed by atoms with Crippen molar-refractivity contribution < 1.29 is 9.47 Å². The van der Waals surface area contributed by atoms with Gasteiger partial charge >= 0.3 is 0 Å². The first-order valence-corrected chi connectivity index (χ1v) is 6.09. The van der Waals surface area contributed by atoms with Crippen molar-refractivity contribution in [3.05, 3.63) is 16.7 Å². The maximum Gasteiger partial charge on any atom is 0.280 e. The molecule has 0 atom stereocenters. The lowest BCUT2D eigenvalue weighted by Crippen LogP contribution is -2.24. The molecule has 0 saturated heterocycles. The van der Waals surface area contributed by atoms with E-state index in [2.05, 4.69) is 15.0 Å². The number of aromatic nitrogens is 4. The van der Waals surface area contributed by atoms with E-state index in [9.17, 15) is 4.79 Å². The number of fused-ring (bicyclic) bond motifs is 1. The van der Waals surface area contributed by atoms with Gasteiger partial charge in [0, 0.05) is 13.2 Å². The molecule has 3 N–H and O–H groups in total. The molecule has 2 aromatic rings. The van der Waals surface area contributed by atoms with E-state index in [0.29, 0.717) is 25.4 Å². The Balaban J connectivity index is 2.32. The third-order valence-electron chi connectivity index (χ3n) is 2.54. The topological polar surface area (TPSA) is 108 Å². The van der Waals surface area contributed by atoms with Crippen LogP contribution in [0.3, 0.4) is 0 Å². The number of nitrogen functional groups attached to an aromatic ring is 1. The average molecular weight is 267 g/mol. The van der Waals surface area contributed by atoms with Crippen LogP contribution in [0.2, 0.25) is 0 Å². The summed E-state index contributed by atoms with van der Waals surface area (Å²) in [6, 6.07) is 0. The standard InChI is InChI=1S/C11H17N5O3/c1-3-18-7(19-4-2)5-16-6-13-8-9(16)14-11(12)15-10(8)17/h6-7H,3-5H2,1-2H3,(H3,12,14,15,17). The van der Waals surface area contributed by atoms with E-state index in [-0.39, 0.29) is 17.0 Å². The van der Waals surface area contributed by atoms with Crippen LogP contribution in [-0.2, 0) is 16.0 Å². The first-order valence-electron chi connectivity index (χ1n) is 6.09. The lowest BCUT2D eigenvalue weighted by molar-refractivity contribution is -0.143. The smallest absolute Gasteiger partial charge is 0.280 e. The van der Waals surface area contributed by atoms with Crippen molar-refractivity contribution in [3.63, 3.8) is 0 Å². The maximum atomic E-state index is 11.6. The Kier molecular flexibility index (Phi) is 4.13. The van der Waals surface area contributed by atoms with Crippen LogP contribution in [0, 0.1) is 0 Å². The van der Waals surface area contributed by atoms with Gasteiger partial charge in [0.05, 0.1) is 12.9 Å². The molecule has 0 aliphatic carbocycles. The summed E-state index contributed by atoms with van der Waals surface area (Å²) < 4.78 is 12.6. The van der Waals surface area contributed by atoms with Crippen LogP contribution in [0.15, 0.2) is 11.1 Å². The fourth-order valence-electron chi connectivity index (χ4n) is 1.79. The number of hydrogen-bond acceptors (Lipinski definition) is 6. The number of nitrogens with zero attached hydrogens (tertiary/aromatic N) is 3. The molecule has 19 heavy (non-hydrogen) atoms. The van der Waals surface area contributed by atoms with Gasteiger partial charge < -0.3 is 19.8 Å². The van der Waals surface area contributed by atoms with E-state index in [0.717, 1.165) is 0 Å². The molecule has 0 saturated carbocycles. The summed E-state index contributed by atoms with van der Waals surface area (Å²) in [6.07, 6.45) is 1.12. The highest BCUT2D eigenvalue weighted by atomic mass is 16.7. The van der Waals surface area contributed by atoms with E-state index >= 15 is 0 Å². The van der Waals surface area contributed by atoms with Crippen molar-refractivity contribution >= 4 is 17.1 Å². The van der Waals surface area contributed by atoms with Gasteiger partial charge in [-0.25, -0.2) is 4.98 Å². The number of ether oxygens (including phenoxy) is 2. The number of nitrogens with one attached hydrogen (secondary N) is 1. The number of H-pyrrole nitrogens is 1. The number of rotatable bonds is 6. The molecule has 0 aliphatic heterocycles. The lowest BCUT2D eigenvalue weighted by Gasteiger charge is -2.17.